The first-order valence-electron chi connectivity index (χ1n) is 8.30. The van der Waals surface area contributed by atoms with Crippen LogP contribution in [0.4, 0.5) is 10.5 Å². The first-order valence-corrected chi connectivity index (χ1v) is 8.30. The number of carboxylic acid groups (broad SMARTS) is 1. The minimum Gasteiger partial charge on any atom is -0.480 e. The SMILES string of the molecule is C[C@@H](C(=O)O)N(C(=O)OC(C)(C)C)c1ccc(C(=O)OC(C)(C)C)cc1. The van der Waals surface area contributed by atoms with E-state index in [2.05, 4.69) is 0 Å². The number of aliphatic carboxylic acids is 1. The molecule has 1 aromatic carbocycles. The van der Waals surface area contributed by atoms with Crippen molar-refractivity contribution in [2.75, 3.05) is 4.90 Å². The summed E-state index contributed by atoms with van der Waals surface area (Å²) < 4.78 is 10.6. The summed E-state index contributed by atoms with van der Waals surface area (Å²) in [6.07, 6.45) is -0.780. The Bertz CT molecular complexity index is 667. The number of benzene rings is 1. The predicted molar refractivity (Wildman–Crippen MR) is 97.4 cm³/mol. The van der Waals surface area contributed by atoms with Crippen LogP contribution in [-0.2, 0) is 14.3 Å². The van der Waals surface area contributed by atoms with E-state index in [1.165, 1.54) is 31.2 Å². The highest BCUT2D eigenvalue weighted by molar-refractivity contribution is 5.96. The lowest BCUT2D eigenvalue weighted by Crippen LogP contribution is -2.46. The van der Waals surface area contributed by atoms with E-state index in [-0.39, 0.29) is 0 Å². The van der Waals surface area contributed by atoms with Gasteiger partial charge in [-0.2, -0.15) is 0 Å². The second-order valence-electron chi connectivity index (χ2n) is 7.91. The second-order valence-corrected chi connectivity index (χ2v) is 7.91. The van der Waals surface area contributed by atoms with Gasteiger partial charge in [0.1, 0.15) is 17.2 Å². The molecule has 0 spiro atoms. The Labute approximate surface area is 153 Å². The van der Waals surface area contributed by atoms with E-state index in [0.717, 1.165) is 4.90 Å². The van der Waals surface area contributed by atoms with Gasteiger partial charge in [0.15, 0.2) is 0 Å². The average Bonchev–Trinajstić information content (AvgIpc) is 2.44. The molecule has 0 radical (unpaired) electrons. The van der Waals surface area contributed by atoms with Gasteiger partial charge in [0, 0.05) is 5.69 Å². The maximum atomic E-state index is 12.5. The molecular weight excluding hydrogens is 338 g/mol. The number of carbonyl (C=O) groups excluding carboxylic acids is 2. The molecule has 0 fully saturated rings. The molecule has 1 N–H and O–H groups in total. The fourth-order valence-corrected chi connectivity index (χ4v) is 2.00. The van der Waals surface area contributed by atoms with E-state index in [4.69, 9.17) is 9.47 Å². The molecule has 0 saturated heterocycles. The second kappa shape index (κ2) is 7.76. The number of hydrogen-bond acceptors (Lipinski definition) is 5. The van der Waals surface area contributed by atoms with Crippen molar-refractivity contribution in [2.45, 2.75) is 65.7 Å². The Morgan fingerprint density at radius 1 is 0.923 bits per heavy atom. The zero-order chi connectivity index (χ0) is 20.3. The van der Waals surface area contributed by atoms with Crippen molar-refractivity contribution in [3.05, 3.63) is 29.8 Å². The van der Waals surface area contributed by atoms with Gasteiger partial charge in [-0.1, -0.05) is 0 Å². The molecule has 144 valence electrons. The van der Waals surface area contributed by atoms with Crippen LogP contribution in [0.15, 0.2) is 24.3 Å². The third-order valence-electron chi connectivity index (χ3n) is 3.11. The fourth-order valence-electron chi connectivity index (χ4n) is 2.00. The summed E-state index contributed by atoms with van der Waals surface area (Å²) in [6, 6.07) is 4.80. The number of amides is 1. The molecule has 7 nitrogen and oxygen atoms in total. The van der Waals surface area contributed by atoms with Crippen LogP contribution in [0.2, 0.25) is 0 Å². The van der Waals surface area contributed by atoms with Gasteiger partial charge in [0.25, 0.3) is 0 Å². The predicted octanol–water partition coefficient (Wildman–Crippen LogP) is 3.86. The van der Waals surface area contributed by atoms with Crippen LogP contribution in [-0.4, -0.2) is 40.4 Å². The largest absolute Gasteiger partial charge is 0.480 e. The molecule has 0 aliphatic carbocycles. The van der Waals surface area contributed by atoms with Crippen LogP contribution < -0.4 is 4.90 Å². The van der Waals surface area contributed by atoms with Gasteiger partial charge in [-0.25, -0.2) is 14.4 Å². The quantitative estimate of drug-likeness (QED) is 0.815. The molecule has 1 aromatic rings. The highest BCUT2D eigenvalue weighted by Crippen LogP contribution is 2.23. The van der Waals surface area contributed by atoms with Crippen molar-refractivity contribution in [3.8, 4) is 0 Å². The maximum absolute atomic E-state index is 12.5. The van der Waals surface area contributed by atoms with Crippen LogP contribution in [0.1, 0.15) is 58.8 Å². The molecule has 0 unspecified atom stereocenters. The van der Waals surface area contributed by atoms with E-state index in [1.54, 1.807) is 41.5 Å². The van der Waals surface area contributed by atoms with E-state index < -0.39 is 35.3 Å². The van der Waals surface area contributed by atoms with Crippen LogP contribution >= 0.6 is 0 Å². The van der Waals surface area contributed by atoms with Crippen molar-refractivity contribution in [1.29, 1.82) is 0 Å². The fraction of sp³-hybridized carbons (Fsp3) is 0.526. The Morgan fingerprint density at radius 2 is 1.38 bits per heavy atom. The summed E-state index contributed by atoms with van der Waals surface area (Å²) in [7, 11) is 0. The number of ether oxygens (including phenoxy) is 2. The number of hydrogen-bond donors (Lipinski definition) is 1. The molecule has 1 amide bonds. The van der Waals surface area contributed by atoms with Crippen molar-refractivity contribution in [3.63, 3.8) is 0 Å². The number of nitrogens with zero attached hydrogens (tertiary/aromatic N) is 1. The average molecular weight is 365 g/mol. The zero-order valence-corrected chi connectivity index (χ0v) is 16.3. The normalized spacial score (nSPS) is 12.9. The molecule has 0 aliphatic heterocycles. The van der Waals surface area contributed by atoms with Crippen molar-refractivity contribution in [1.82, 2.24) is 0 Å². The van der Waals surface area contributed by atoms with Gasteiger partial charge in [0.05, 0.1) is 5.56 Å². The van der Waals surface area contributed by atoms with Gasteiger partial charge in [-0.3, -0.25) is 4.90 Å². The molecule has 7 heteroatoms. The highest BCUT2D eigenvalue weighted by Gasteiger charge is 2.31. The Morgan fingerprint density at radius 3 is 1.77 bits per heavy atom. The number of rotatable bonds is 4. The Hall–Kier alpha value is -2.57. The maximum Gasteiger partial charge on any atom is 0.415 e. The zero-order valence-electron chi connectivity index (χ0n) is 16.3. The lowest BCUT2D eigenvalue weighted by molar-refractivity contribution is -0.138. The molecule has 1 atom stereocenters. The van der Waals surface area contributed by atoms with Crippen molar-refractivity contribution < 1.29 is 29.0 Å². The Kier molecular flexibility index (Phi) is 6.41. The third-order valence-corrected chi connectivity index (χ3v) is 3.11. The highest BCUT2D eigenvalue weighted by atomic mass is 16.6. The van der Waals surface area contributed by atoms with Crippen molar-refractivity contribution >= 4 is 23.7 Å². The monoisotopic (exact) mass is 365 g/mol. The van der Waals surface area contributed by atoms with Crippen molar-refractivity contribution in [2.24, 2.45) is 0 Å². The minimum absolute atomic E-state index is 0.302. The summed E-state index contributed by atoms with van der Waals surface area (Å²) in [4.78, 5) is 37.0. The number of anilines is 1. The van der Waals surface area contributed by atoms with Gasteiger partial charge in [-0.05, 0) is 72.7 Å². The molecule has 0 aliphatic rings. The molecule has 1 rings (SSSR count). The van der Waals surface area contributed by atoms with Gasteiger partial charge in [-0.15, -0.1) is 0 Å². The lowest BCUT2D eigenvalue weighted by atomic mass is 10.1. The van der Waals surface area contributed by atoms with Gasteiger partial charge >= 0.3 is 18.0 Å². The van der Waals surface area contributed by atoms with Gasteiger partial charge in [0.2, 0.25) is 0 Å². The van der Waals surface area contributed by atoms with E-state index in [0.29, 0.717) is 11.3 Å². The number of carboxylic acids is 1. The topological polar surface area (TPSA) is 93.1 Å². The molecule has 0 aromatic heterocycles. The van der Waals surface area contributed by atoms with E-state index in [9.17, 15) is 19.5 Å². The summed E-state index contributed by atoms with van der Waals surface area (Å²) in [5.74, 6) is -1.67. The number of carbonyl (C=O) groups is 3. The molecule has 0 heterocycles. The summed E-state index contributed by atoms with van der Waals surface area (Å²) in [5, 5.41) is 9.31. The number of esters is 1. The standard InChI is InChI=1S/C19H27NO6/c1-12(15(21)22)20(17(24)26-19(5,6)7)14-10-8-13(9-11-14)16(23)25-18(2,3)4/h8-12H,1-7H3,(H,21,22)/t12-/m0/s1. The summed E-state index contributed by atoms with van der Waals surface area (Å²) >= 11 is 0. The summed E-state index contributed by atoms with van der Waals surface area (Å²) in [6.45, 7) is 11.8. The van der Waals surface area contributed by atoms with Crippen LogP contribution in [0.25, 0.3) is 0 Å². The summed E-state index contributed by atoms with van der Waals surface area (Å²) in [5.41, 5.74) is -0.794. The first-order chi connectivity index (χ1) is 11.7. The minimum atomic E-state index is -1.17. The van der Waals surface area contributed by atoms with Gasteiger partial charge < -0.3 is 14.6 Å². The smallest absolute Gasteiger partial charge is 0.415 e. The Balaban J connectivity index is 3.13. The molecule has 0 saturated carbocycles. The first kappa shape index (κ1) is 21.5. The molecular formula is C19H27NO6. The lowest BCUT2D eigenvalue weighted by Gasteiger charge is -2.30. The van der Waals surface area contributed by atoms with Crippen LogP contribution in [0, 0.1) is 0 Å². The third kappa shape index (κ3) is 6.38. The molecule has 26 heavy (non-hydrogen) atoms. The van der Waals surface area contributed by atoms with Crippen LogP contribution in [0.5, 0.6) is 0 Å². The van der Waals surface area contributed by atoms with Crippen LogP contribution in [0.3, 0.4) is 0 Å². The van der Waals surface area contributed by atoms with E-state index in [1.807, 2.05) is 0 Å². The molecule has 0 bridgehead atoms. The van der Waals surface area contributed by atoms with E-state index >= 15 is 0 Å².